The molecule has 0 amide bonds. The molecular weight excluding hydrogens is 739 g/mol. The monoisotopic (exact) mass is 820 g/mol. The van der Waals surface area contributed by atoms with E-state index >= 15 is 0 Å². The second kappa shape index (κ2) is 40.8. The van der Waals surface area contributed by atoms with Crippen LogP contribution in [0.4, 0.5) is 0 Å². The van der Waals surface area contributed by atoms with Crippen molar-refractivity contribution in [3.05, 3.63) is 109 Å². The van der Waals surface area contributed by atoms with Crippen molar-refractivity contribution < 1.29 is 38.2 Å². The van der Waals surface area contributed by atoms with E-state index in [9.17, 15) is 19.5 Å². The molecule has 0 N–H and O–H groups in total. The third-order valence-electron chi connectivity index (χ3n) is 9.28. The van der Waals surface area contributed by atoms with Gasteiger partial charge in [-0.1, -0.05) is 168 Å². The van der Waals surface area contributed by atoms with E-state index in [2.05, 4.69) is 68.5 Å². The lowest BCUT2D eigenvalue weighted by atomic mass is 10.1. The zero-order valence-corrected chi connectivity index (χ0v) is 37.6. The number of hydrogen-bond donors (Lipinski definition) is 0. The summed E-state index contributed by atoms with van der Waals surface area (Å²) in [5, 5.41) is 11.6. The van der Waals surface area contributed by atoms with Crippen LogP contribution in [0.3, 0.4) is 0 Å². The molecule has 0 aliphatic carbocycles. The van der Waals surface area contributed by atoms with Gasteiger partial charge in [-0.05, 0) is 64.2 Å². The van der Waals surface area contributed by atoms with E-state index in [1.165, 1.54) is 32.1 Å². The van der Waals surface area contributed by atoms with Gasteiger partial charge in [0.15, 0.2) is 6.10 Å². The van der Waals surface area contributed by atoms with Crippen LogP contribution in [-0.2, 0) is 28.6 Å². The maximum Gasteiger partial charge on any atom is 0.306 e. The van der Waals surface area contributed by atoms with Crippen LogP contribution in [0.25, 0.3) is 0 Å². The van der Waals surface area contributed by atoms with Crippen molar-refractivity contribution in [1.82, 2.24) is 0 Å². The van der Waals surface area contributed by atoms with Gasteiger partial charge in [0.2, 0.25) is 0 Å². The predicted molar refractivity (Wildman–Crippen MR) is 244 cm³/mol. The second-order valence-electron chi connectivity index (χ2n) is 15.6. The van der Waals surface area contributed by atoms with Gasteiger partial charge >= 0.3 is 11.9 Å². The molecule has 0 aromatic rings. The first kappa shape index (κ1) is 55.0. The summed E-state index contributed by atoms with van der Waals surface area (Å²) in [5.41, 5.74) is 0. The summed E-state index contributed by atoms with van der Waals surface area (Å²) in [7, 11) is 5.37. The minimum Gasteiger partial charge on any atom is -0.544 e. The van der Waals surface area contributed by atoms with Gasteiger partial charge in [0.25, 0.3) is 0 Å². The molecule has 0 rings (SSSR count). The van der Waals surface area contributed by atoms with Gasteiger partial charge in [-0.15, -0.1) is 0 Å². The van der Waals surface area contributed by atoms with Crippen LogP contribution < -0.4 is 5.11 Å². The molecule has 0 aromatic heterocycles. The molecule has 0 spiro atoms. The molecule has 0 aliphatic rings. The van der Waals surface area contributed by atoms with E-state index in [1.807, 2.05) is 54.7 Å². The van der Waals surface area contributed by atoms with Gasteiger partial charge in [-0.3, -0.25) is 9.59 Å². The minimum atomic E-state index is -1.14. The first-order valence-corrected chi connectivity index (χ1v) is 22.5. The van der Waals surface area contributed by atoms with Crippen molar-refractivity contribution in [2.24, 2.45) is 0 Å². The van der Waals surface area contributed by atoms with E-state index in [1.54, 1.807) is 21.1 Å². The zero-order chi connectivity index (χ0) is 43.5. The van der Waals surface area contributed by atoms with Gasteiger partial charge in [-0.25, -0.2) is 0 Å². The SMILES string of the molecule is CC/C=C/C=C/C=C/C=C/C=C/CCCC(=O)OCC(COCCC(C(=O)[O-])[N+](C)(C)C)OC(=O)CCCCCCCCCCC/C=C/C/C=C/C/C=C/C/C=C/CC. The molecule has 2 atom stereocenters. The molecule has 59 heavy (non-hydrogen) atoms. The highest BCUT2D eigenvalue weighted by Gasteiger charge is 2.25. The molecule has 2 unspecified atom stereocenters. The number of nitrogens with zero attached hydrogens (tertiary/aromatic N) is 1. The fourth-order valence-electron chi connectivity index (χ4n) is 5.86. The average Bonchev–Trinajstić information content (AvgIpc) is 3.19. The van der Waals surface area contributed by atoms with Gasteiger partial charge in [-0.2, -0.15) is 0 Å². The van der Waals surface area contributed by atoms with E-state index in [-0.39, 0.29) is 49.1 Å². The third kappa shape index (κ3) is 39.2. The topological polar surface area (TPSA) is 102 Å². The summed E-state index contributed by atoms with van der Waals surface area (Å²) < 4.78 is 17.1. The van der Waals surface area contributed by atoms with Crippen LogP contribution >= 0.6 is 0 Å². The zero-order valence-electron chi connectivity index (χ0n) is 37.6. The van der Waals surface area contributed by atoms with E-state index < -0.39 is 18.1 Å². The van der Waals surface area contributed by atoms with Gasteiger partial charge in [0.1, 0.15) is 12.6 Å². The number of hydrogen-bond acceptors (Lipinski definition) is 7. The Bertz CT molecular complexity index is 1330. The molecule has 0 aliphatic heterocycles. The Morgan fingerprint density at radius 2 is 1.00 bits per heavy atom. The number of carboxylic acid groups (broad SMARTS) is 1. The summed E-state index contributed by atoms with van der Waals surface area (Å²) in [4.78, 5) is 36.8. The van der Waals surface area contributed by atoms with Crippen LogP contribution in [-0.4, -0.2) is 75.5 Å². The normalized spacial score (nSPS) is 14.0. The molecule has 0 heterocycles. The van der Waals surface area contributed by atoms with E-state index in [4.69, 9.17) is 14.2 Å². The van der Waals surface area contributed by atoms with Gasteiger partial charge < -0.3 is 28.6 Å². The lowest BCUT2D eigenvalue weighted by molar-refractivity contribution is -0.889. The van der Waals surface area contributed by atoms with Crippen molar-refractivity contribution >= 4 is 17.9 Å². The first-order chi connectivity index (χ1) is 28.6. The Hall–Kier alpha value is -4.01. The molecule has 0 saturated carbocycles. The van der Waals surface area contributed by atoms with Crippen LogP contribution in [0, 0.1) is 0 Å². The molecule has 0 saturated heterocycles. The van der Waals surface area contributed by atoms with Gasteiger partial charge in [0, 0.05) is 19.3 Å². The maximum atomic E-state index is 12.7. The largest absolute Gasteiger partial charge is 0.544 e. The average molecular weight is 820 g/mol. The number of carbonyl (C=O) groups is 3. The van der Waals surface area contributed by atoms with Crippen LogP contribution in [0.2, 0.25) is 0 Å². The standard InChI is InChI=1S/C51H81NO7/c1-6-8-10-12-14-16-18-20-21-22-23-24-25-26-27-28-30-32-34-36-38-40-42-50(54)59-47(45-57-44-43-48(51(55)56)52(3,4)5)46-58-49(53)41-39-37-35-33-31-29-19-17-15-13-11-9-7-2/h8-11,13-17,19-21,23-24,29,31,33,35,47-48H,6-7,12,18,22,25-28,30,32,34,36-46H2,1-5H3/b10-8+,11-9+,15-13+,16-14+,19-17+,21-20+,24-23+,31-29+,35-33+. The van der Waals surface area contributed by atoms with Crippen LogP contribution in [0.5, 0.6) is 0 Å². The lowest BCUT2D eigenvalue weighted by Crippen LogP contribution is -2.55. The fourth-order valence-corrected chi connectivity index (χ4v) is 5.86. The minimum absolute atomic E-state index is 0.00806. The lowest BCUT2D eigenvalue weighted by Gasteiger charge is -2.34. The number of ether oxygens (including phenoxy) is 3. The number of rotatable bonds is 38. The molecule has 0 radical (unpaired) electrons. The highest BCUT2D eigenvalue weighted by Crippen LogP contribution is 2.13. The summed E-state index contributed by atoms with van der Waals surface area (Å²) in [5.74, 6) is -1.85. The van der Waals surface area contributed by atoms with E-state index in [0.717, 1.165) is 70.6 Å². The Balaban J connectivity index is 4.40. The summed E-state index contributed by atoms with van der Waals surface area (Å²) in [6.45, 7) is 4.29. The summed E-state index contributed by atoms with van der Waals surface area (Å²) in [6.07, 6.45) is 55.6. The van der Waals surface area contributed by atoms with Crippen molar-refractivity contribution in [3.8, 4) is 0 Å². The Morgan fingerprint density at radius 3 is 1.56 bits per heavy atom. The summed E-state index contributed by atoms with van der Waals surface area (Å²) in [6, 6.07) is -0.744. The van der Waals surface area contributed by atoms with Crippen LogP contribution in [0.1, 0.15) is 142 Å². The molecular formula is C51H81NO7. The second-order valence-corrected chi connectivity index (χ2v) is 15.6. The van der Waals surface area contributed by atoms with Gasteiger partial charge in [0.05, 0.1) is 40.3 Å². The fraction of sp³-hybridized carbons (Fsp3) is 0.588. The Kier molecular flexibility index (Phi) is 38.0. The van der Waals surface area contributed by atoms with Crippen molar-refractivity contribution in [1.29, 1.82) is 0 Å². The highest BCUT2D eigenvalue weighted by atomic mass is 16.6. The number of carbonyl (C=O) groups excluding carboxylic acids is 3. The molecule has 8 nitrogen and oxygen atoms in total. The number of carboxylic acids is 1. The van der Waals surface area contributed by atoms with Crippen LogP contribution in [0.15, 0.2) is 109 Å². The number of aliphatic carboxylic acids is 1. The number of esters is 2. The number of quaternary nitrogens is 1. The first-order valence-electron chi connectivity index (χ1n) is 22.5. The van der Waals surface area contributed by atoms with Crippen molar-refractivity contribution in [3.63, 3.8) is 0 Å². The highest BCUT2D eigenvalue weighted by molar-refractivity contribution is 5.70. The molecule has 0 bridgehead atoms. The molecule has 0 fully saturated rings. The summed E-state index contributed by atoms with van der Waals surface area (Å²) >= 11 is 0. The quantitative estimate of drug-likeness (QED) is 0.0201. The predicted octanol–water partition coefficient (Wildman–Crippen LogP) is 11.1. The number of unbranched alkanes of at least 4 members (excludes halogenated alkanes) is 10. The molecule has 8 heteroatoms. The van der Waals surface area contributed by atoms with E-state index in [0.29, 0.717) is 12.8 Å². The Morgan fingerprint density at radius 1 is 0.525 bits per heavy atom. The smallest absolute Gasteiger partial charge is 0.306 e. The maximum absolute atomic E-state index is 12.7. The third-order valence-corrected chi connectivity index (χ3v) is 9.28. The number of likely N-dealkylation sites (N-methyl/N-ethyl adjacent to an activating group) is 1. The number of allylic oxidation sites excluding steroid dienone is 18. The van der Waals surface area contributed by atoms with Crippen molar-refractivity contribution in [2.75, 3.05) is 41.0 Å². The van der Waals surface area contributed by atoms with Crippen molar-refractivity contribution in [2.45, 2.75) is 154 Å². The Labute approximate surface area is 359 Å². The molecule has 332 valence electrons. The molecule has 0 aromatic carbocycles.